The van der Waals surface area contributed by atoms with Gasteiger partial charge in [0, 0.05) is 40.8 Å². The van der Waals surface area contributed by atoms with Crippen molar-refractivity contribution in [2.75, 3.05) is 22.5 Å². The maximum Gasteiger partial charge on any atom is 0.259 e. The van der Waals surface area contributed by atoms with Crippen LogP contribution in [0.1, 0.15) is 27.0 Å². The Labute approximate surface area is 148 Å². The zero-order chi connectivity index (χ0) is 17.3. The molecule has 0 saturated heterocycles. The molecule has 1 heterocycles. The Morgan fingerprint density at radius 1 is 1.25 bits per heavy atom. The molecule has 0 aromatic heterocycles. The summed E-state index contributed by atoms with van der Waals surface area (Å²) in [4.78, 5) is 14.7. The van der Waals surface area contributed by atoms with Gasteiger partial charge in [0.05, 0.1) is 6.54 Å². The summed E-state index contributed by atoms with van der Waals surface area (Å²) >= 11 is 4.21. The van der Waals surface area contributed by atoms with Crippen LogP contribution in [-0.2, 0) is 6.54 Å². The van der Waals surface area contributed by atoms with E-state index in [0.29, 0.717) is 18.8 Å². The summed E-state index contributed by atoms with van der Waals surface area (Å²) in [6, 6.07) is 11.9. The van der Waals surface area contributed by atoms with Crippen LogP contribution >= 0.6 is 12.6 Å². The molecule has 2 aromatic carbocycles. The highest BCUT2D eigenvalue weighted by Gasteiger charge is 2.31. The number of hydrogen-bond acceptors (Lipinski definition) is 4. The van der Waals surface area contributed by atoms with Crippen LogP contribution in [0.3, 0.4) is 0 Å². The van der Waals surface area contributed by atoms with Crippen molar-refractivity contribution in [3.63, 3.8) is 0 Å². The molecule has 1 unspecified atom stereocenters. The summed E-state index contributed by atoms with van der Waals surface area (Å²) in [6.45, 7) is 5.35. The van der Waals surface area contributed by atoms with Crippen molar-refractivity contribution in [2.24, 2.45) is 5.73 Å². The van der Waals surface area contributed by atoms with Gasteiger partial charge in [-0.15, -0.1) is 0 Å². The summed E-state index contributed by atoms with van der Waals surface area (Å²) in [5, 5.41) is 3.36. The Morgan fingerprint density at radius 2 is 2.00 bits per heavy atom. The third-order valence-electron chi connectivity index (χ3n) is 4.62. The van der Waals surface area contributed by atoms with Gasteiger partial charge in [-0.2, -0.15) is 12.6 Å². The van der Waals surface area contributed by atoms with E-state index >= 15 is 0 Å². The SMILES string of the molecule is Cc1cccc(N2Cc3c(NCC(N)CS)cccc3C2=O)c1C. The van der Waals surface area contributed by atoms with Crippen molar-refractivity contribution in [1.82, 2.24) is 0 Å². The first-order valence-electron chi connectivity index (χ1n) is 8.13. The van der Waals surface area contributed by atoms with E-state index < -0.39 is 0 Å². The van der Waals surface area contributed by atoms with Gasteiger partial charge in [0.1, 0.15) is 0 Å². The van der Waals surface area contributed by atoms with Crippen molar-refractivity contribution in [1.29, 1.82) is 0 Å². The molecule has 1 aliphatic heterocycles. The number of aryl methyl sites for hydroxylation is 1. The quantitative estimate of drug-likeness (QED) is 0.732. The fourth-order valence-corrected chi connectivity index (χ4v) is 3.16. The van der Waals surface area contributed by atoms with E-state index in [2.05, 4.69) is 37.9 Å². The predicted molar refractivity (Wildman–Crippen MR) is 103 cm³/mol. The van der Waals surface area contributed by atoms with Gasteiger partial charge in [-0.05, 0) is 43.2 Å². The van der Waals surface area contributed by atoms with Gasteiger partial charge in [0.2, 0.25) is 0 Å². The smallest absolute Gasteiger partial charge is 0.259 e. The van der Waals surface area contributed by atoms with Crippen LogP contribution in [0.15, 0.2) is 36.4 Å². The molecule has 3 N–H and O–H groups in total. The Kier molecular flexibility index (Phi) is 4.83. The highest BCUT2D eigenvalue weighted by molar-refractivity contribution is 7.80. The summed E-state index contributed by atoms with van der Waals surface area (Å²) < 4.78 is 0. The number of benzene rings is 2. The number of carbonyl (C=O) groups excluding carboxylic acids is 1. The molecule has 1 aliphatic rings. The highest BCUT2D eigenvalue weighted by atomic mass is 32.1. The number of nitrogens with two attached hydrogens (primary N) is 1. The number of thiol groups is 1. The van der Waals surface area contributed by atoms with Gasteiger partial charge in [-0.1, -0.05) is 18.2 Å². The van der Waals surface area contributed by atoms with Gasteiger partial charge in [0.25, 0.3) is 5.91 Å². The largest absolute Gasteiger partial charge is 0.383 e. The number of nitrogens with one attached hydrogen (secondary N) is 1. The third-order valence-corrected chi connectivity index (χ3v) is 5.09. The number of anilines is 2. The fourth-order valence-electron chi connectivity index (χ4n) is 3.03. The van der Waals surface area contributed by atoms with E-state index in [-0.39, 0.29) is 11.9 Å². The van der Waals surface area contributed by atoms with E-state index in [1.54, 1.807) is 0 Å². The lowest BCUT2D eigenvalue weighted by Crippen LogP contribution is -2.30. The molecule has 0 fully saturated rings. The van der Waals surface area contributed by atoms with Crippen LogP contribution in [0, 0.1) is 13.8 Å². The second-order valence-electron chi connectivity index (χ2n) is 6.27. The number of rotatable bonds is 5. The molecule has 126 valence electrons. The van der Waals surface area contributed by atoms with Crippen LogP contribution in [0.4, 0.5) is 11.4 Å². The van der Waals surface area contributed by atoms with E-state index in [1.165, 1.54) is 5.56 Å². The van der Waals surface area contributed by atoms with Gasteiger partial charge in [-0.25, -0.2) is 0 Å². The van der Waals surface area contributed by atoms with Crippen LogP contribution in [0.2, 0.25) is 0 Å². The summed E-state index contributed by atoms with van der Waals surface area (Å²) in [5.74, 6) is 0.677. The van der Waals surface area contributed by atoms with E-state index in [1.807, 2.05) is 35.2 Å². The first-order chi connectivity index (χ1) is 11.5. The van der Waals surface area contributed by atoms with Crippen LogP contribution < -0.4 is 16.0 Å². The number of fused-ring (bicyclic) bond motifs is 1. The maximum absolute atomic E-state index is 12.9. The Morgan fingerprint density at radius 3 is 2.75 bits per heavy atom. The van der Waals surface area contributed by atoms with Gasteiger partial charge in [-0.3, -0.25) is 4.79 Å². The minimum absolute atomic E-state index is 0.0172. The van der Waals surface area contributed by atoms with Gasteiger partial charge >= 0.3 is 0 Å². The molecule has 24 heavy (non-hydrogen) atoms. The van der Waals surface area contributed by atoms with Crippen LogP contribution in [0.5, 0.6) is 0 Å². The lowest BCUT2D eigenvalue weighted by Gasteiger charge is -2.20. The molecule has 1 amide bonds. The topological polar surface area (TPSA) is 58.4 Å². The molecule has 0 saturated carbocycles. The molecule has 0 aliphatic carbocycles. The van der Waals surface area contributed by atoms with Crippen LogP contribution in [-0.4, -0.2) is 24.2 Å². The molecule has 4 nitrogen and oxygen atoms in total. The maximum atomic E-state index is 12.9. The molecule has 2 aromatic rings. The third kappa shape index (κ3) is 3.01. The second-order valence-corrected chi connectivity index (χ2v) is 6.63. The van der Waals surface area contributed by atoms with E-state index in [4.69, 9.17) is 5.73 Å². The number of hydrogen-bond donors (Lipinski definition) is 3. The van der Waals surface area contributed by atoms with Crippen molar-refractivity contribution in [3.8, 4) is 0 Å². The van der Waals surface area contributed by atoms with Crippen molar-refractivity contribution >= 4 is 29.9 Å². The highest BCUT2D eigenvalue weighted by Crippen LogP contribution is 2.34. The minimum atomic E-state index is -0.0172. The van der Waals surface area contributed by atoms with Gasteiger partial charge < -0.3 is 16.0 Å². The molecule has 5 heteroatoms. The first kappa shape index (κ1) is 16.9. The lowest BCUT2D eigenvalue weighted by atomic mass is 10.1. The minimum Gasteiger partial charge on any atom is -0.383 e. The van der Waals surface area contributed by atoms with Gasteiger partial charge in [0.15, 0.2) is 0 Å². The second kappa shape index (κ2) is 6.87. The Balaban J connectivity index is 1.91. The van der Waals surface area contributed by atoms with Crippen molar-refractivity contribution in [2.45, 2.75) is 26.4 Å². The average molecular weight is 341 g/mol. The monoisotopic (exact) mass is 341 g/mol. The molecule has 0 spiro atoms. The van der Waals surface area contributed by atoms with E-state index in [9.17, 15) is 4.79 Å². The van der Waals surface area contributed by atoms with Crippen molar-refractivity contribution < 1.29 is 4.79 Å². The van der Waals surface area contributed by atoms with Crippen molar-refractivity contribution in [3.05, 3.63) is 58.7 Å². The molecule has 1 atom stereocenters. The summed E-state index contributed by atoms with van der Waals surface area (Å²) in [7, 11) is 0. The predicted octanol–water partition coefficient (Wildman–Crippen LogP) is 3.13. The summed E-state index contributed by atoms with van der Waals surface area (Å²) in [6.07, 6.45) is 0. The number of amides is 1. The Hall–Kier alpha value is -1.98. The summed E-state index contributed by atoms with van der Waals surface area (Å²) in [5.41, 5.74) is 12.0. The average Bonchev–Trinajstić information content (AvgIpc) is 2.92. The Bertz CT molecular complexity index is 775. The first-order valence-corrected chi connectivity index (χ1v) is 8.76. The zero-order valence-electron chi connectivity index (χ0n) is 14.0. The molecular formula is C19H23N3OS. The van der Waals surface area contributed by atoms with Crippen LogP contribution in [0.25, 0.3) is 0 Å². The number of carbonyl (C=O) groups is 1. The molecule has 3 rings (SSSR count). The standard InChI is InChI=1S/C19H23N3OS/c1-12-5-3-8-18(13(12)2)22-10-16-15(19(22)23)6-4-7-17(16)21-9-14(20)11-24/h3-8,14,21,24H,9-11,20H2,1-2H3. The lowest BCUT2D eigenvalue weighted by molar-refractivity contribution is 0.0996. The normalized spacial score (nSPS) is 14.7. The fraction of sp³-hybridized carbons (Fsp3) is 0.316. The molecule has 0 bridgehead atoms. The number of nitrogens with zero attached hydrogens (tertiary/aromatic N) is 1. The molecular weight excluding hydrogens is 318 g/mol. The zero-order valence-corrected chi connectivity index (χ0v) is 14.9. The van der Waals surface area contributed by atoms with E-state index in [0.717, 1.165) is 28.1 Å². The molecule has 0 radical (unpaired) electrons.